The first kappa shape index (κ1) is 21.3. The third kappa shape index (κ3) is 4.52. The summed E-state index contributed by atoms with van der Waals surface area (Å²) in [6.45, 7) is 3.64. The van der Waals surface area contributed by atoms with Crippen LogP contribution in [0.4, 0.5) is 11.4 Å². The molecule has 0 aliphatic carbocycles. The van der Waals surface area contributed by atoms with Crippen LogP contribution in [0.15, 0.2) is 59.3 Å². The predicted octanol–water partition coefficient (Wildman–Crippen LogP) is 4.93. The van der Waals surface area contributed by atoms with Crippen LogP contribution in [0.1, 0.15) is 31.5 Å². The molecule has 3 heterocycles. The number of carbonyl (C=O) groups is 2. The molecule has 0 aliphatic rings. The highest BCUT2D eigenvalue weighted by molar-refractivity contribution is 7.17. The van der Waals surface area contributed by atoms with Gasteiger partial charge in [-0.3, -0.25) is 14.6 Å². The van der Waals surface area contributed by atoms with Gasteiger partial charge in [-0.25, -0.2) is 4.98 Å². The summed E-state index contributed by atoms with van der Waals surface area (Å²) in [5.41, 5.74) is 2.04. The van der Waals surface area contributed by atoms with Crippen molar-refractivity contribution in [3.63, 3.8) is 0 Å². The molecule has 9 heteroatoms. The fourth-order valence-corrected chi connectivity index (χ4v) is 3.94. The Labute approximate surface area is 188 Å². The molecule has 4 aromatic rings. The summed E-state index contributed by atoms with van der Waals surface area (Å²) >= 11 is 1.26. The first-order chi connectivity index (χ1) is 15.4. The lowest BCUT2D eigenvalue weighted by Crippen LogP contribution is -2.14. The zero-order valence-corrected chi connectivity index (χ0v) is 18.4. The number of carbonyl (C=O) groups excluding carboxylic acids is 2. The number of benzene rings is 1. The van der Waals surface area contributed by atoms with Crippen molar-refractivity contribution >= 4 is 34.5 Å². The van der Waals surface area contributed by atoms with E-state index in [2.05, 4.69) is 20.6 Å². The number of hydrogen-bond donors (Lipinski definition) is 2. The van der Waals surface area contributed by atoms with Gasteiger partial charge in [0, 0.05) is 24.1 Å². The maximum absolute atomic E-state index is 12.8. The van der Waals surface area contributed by atoms with Crippen LogP contribution >= 0.6 is 11.3 Å². The van der Waals surface area contributed by atoms with Gasteiger partial charge in [-0.05, 0) is 50.2 Å². The van der Waals surface area contributed by atoms with E-state index in [4.69, 9.17) is 9.15 Å². The van der Waals surface area contributed by atoms with E-state index in [1.165, 1.54) is 24.6 Å². The van der Waals surface area contributed by atoms with E-state index >= 15 is 0 Å². The van der Waals surface area contributed by atoms with E-state index in [1.807, 2.05) is 19.1 Å². The summed E-state index contributed by atoms with van der Waals surface area (Å²) in [7, 11) is 1.49. The molecule has 0 saturated heterocycles. The molecule has 8 nitrogen and oxygen atoms in total. The van der Waals surface area contributed by atoms with Crippen molar-refractivity contribution in [2.45, 2.75) is 13.8 Å². The zero-order chi connectivity index (χ0) is 22.7. The van der Waals surface area contributed by atoms with Gasteiger partial charge in [0.25, 0.3) is 11.8 Å². The van der Waals surface area contributed by atoms with Crippen molar-refractivity contribution in [3.05, 3.63) is 76.8 Å². The number of ether oxygens (including phenoxy) is 1. The minimum atomic E-state index is -0.311. The van der Waals surface area contributed by atoms with Gasteiger partial charge in [-0.15, -0.1) is 11.3 Å². The number of hydrogen-bond acceptors (Lipinski definition) is 7. The number of aryl methyl sites for hydroxylation is 2. The minimum Gasteiger partial charge on any atom is -0.494 e. The Hall–Kier alpha value is -3.98. The Morgan fingerprint density at radius 2 is 1.91 bits per heavy atom. The van der Waals surface area contributed by atoms with Gasteiger partial charge in [0.05, 0.1) is 24.1 Å². The number of anilines is 2. The number of amides is 2. The molecule has 0 fully saturated rings. The Bertz CT molecular complexity index is 1280. The second-order valence-electron chi connectivity index (χ2n) is 6.91. The lowest BCUT2D eigenvalue weighted by atomic mass is 10.2. The quantitative estimate of drug-likeness (QED) is 0.433. The third-order valence-corrected chi connectivity index (χ3v) is 5.76. The number of nitrogens with one attached hydrogen (secondary N) is 2. The summed E-state index contributed by atoms with van der Waals surface area (Å²) in [4.78, 5) is 34.1. The van der Waals surface area contributed by atoms with Crippen molar-refractivity contribution in [2.24, 2.45) is 0 Å². The van der Waals surface area contributed by atoms with E-state index in [1.54, 1.807) is 43.5 Å². The molecular weight excluding hydrogens is 428 g/mol. The third-order valence-electron chi connectivity index (χ3n) is 4.59. The Morgan fingerprint density at radius 3 is 2.59 bits per heavy atom. The molecule has 2 N–H and O–H groups in total. The van der Waals surface area contributed by atoms with Crippen molar-refractivity contribution in [1.82, 2.24) is 9.97 Å². The number of aromatic nitrogens is 2. The Morgan fingerprint density at radius 1 is 1.06 bits per heavy atom. The van der Waals surface area contributed by atoms with E-state index in [9.17, 15) is 9.59 Å². The summed E-state index contributed by atoms with van der Waals surface area (Å²) in [6, 6.07) is 12.0. The average molecular weight is 449 g/mol. The highest BCUT2D eigenvalue weighted by Crippen LogP contribution is 2.31. The van der Waals surface area contributed by atoms with Crippen molar-refractivity contribution in [3.8, 4) is 16.5 Å². The van der Waals surface area contributed by atoms with Gasteiger partial charge in [-0.1, -0.05) is 0 Å². The van der Waals surface area contributed by atoms with E-state index in [0.29, 0.717) is 44.0 Å². The first-order valence-corrected chi connectivity index (χ1v) is 10.5. The number of pyridine rings is 1. The number of furan rings is 1. The van der Waals surface area contributed by atoms with Crippen LogP contribution < -0.4 is 15.4 Å². The van der Waals surface area contributed by atoms with Crippen molar-refractivity contribution in [2.75, 3.05) is 17.7 Å². The maximum Gasteiger partial charge on any atom is 0.267 e. The van der Waals surface area contributed by atoms with Crippen LogP contribution in [-0.2, 0) is 0 Å². The fraction of sp³-hybridized carbons (Fsp3) is 0.130. The first-order valence-electron chi connectivity index (χ1n) is 9.69. The van der Waals surface area contributed by atoms with E-state index < -0.39 is 0 Å². The largest absolute Gasteiger partial charge is 0.494 e. The van der Waals surface area contributed by atoms with Gasteiger partial charge >= 0.3 is 0 Å². The molecule has 3 aromatic heterocycles. The van der Waals surface area contributed by atoms with Crippen LogP contribution in [0.3, 0.4) is 0 Å². The fourth-order valence-electron chi connectivity index (χ4n) is 3.01. The SMILES string of the molecule is COc1cc(NC(=O)c2sc(-c3ccc(C)o3)nc2C)ccc1NC(=O)c1cccnc1. The number of nitrogens with zero attached hydrogens (tertiary/aromatic N) is 2. The van der Waals surface area contributed by atoms with E-state index in [-0.39, 0.29) is 11.8 Å². The molecule has 0 bridgehead atoms. The van der Waals surface area contributed by atoms with Crippen molar-refractivity contribution in [1.29, 1.82) is 0 Å². The standard InChI is InChI=1S/C23H20N4O4S/c1-13-6-9-18(31-13)23-25-14(2)20(32-23)22(29)26-16-7-8-17(19(11-16)30-3)27-21(28)15-5-4-10-24-12-15/h4-12H,1-3H3,(H,26,29)(H,27,28). The molecule has 2 amide bonds. The monoisotopic (exact) mass is 448 g/mol. The summed E-state index contributed by atoms with van der Waals surface area (Å²) in [5, 5.41) is 6.29. The number of rotatable bonds is 6. The Balaban J connectivity index is 1.50. The van der Waals surface area contributed by atoms with Gasteiger partial charge in [0.2, 0.25) is 0 Å². The topological polar surface area (TPSA) is 106 Å². The van der Waals surface area contributed by atoms with Gasteiger partial charge in [0.1, 0.15) is 16.4 Å². The average Bonchev–Trinajstić information content (AvgIpc) is 3.40. The second-order valence-corrected chi connectivity index (χ2v) is 7.91. The summed E-state index contributed by atoms with van der Waals surface area (Å²) in [5.74, 6) is 1.22. The molecule has 4 rings (SSSR count). The lowest BCUT2D eigenvalue weighted by molar-refractivity contribution is 0.101. The van der Waals surface area contributed by atoms with Crippen LogP contribution in [-0.4, -0.2) is 28.9 Å². The van der Waals surface area contributed by atoms with Crippen LogP contribution in [0.2, 0.25) is 0 Å². The molecule has 0 atom stereocenters. The van der Waals surface area contributed by atoms with Gasteiger partial charge < -0.3 is 19.8 Å². The molecule has 0 aliphatic heterocycles. The normalized spacial score (nSPS) is 10.6. The molecular formula is C23H20N4O4S. The molecule has 0 saturated carbocycles. The Kier molecular flexibility index (Phi) is 6.00. The number of methoxy groups -OCH3 is 1. The lowest BCUT2D eigenvalue weighted by Gasteiger charge is -2.12. The molecule has 0 radical (unpaired) electrons. The van der Waals surface area contributed by atoms with Crippen molar-refractivity contribution < 1.29 is 18.7 Å². The molecule has 0 unspecified atom stereocenters. The van der Waals surface area contributed by atoms with E-state index in [0.717, 1.165) is 5.76 Å². The molecule has 0 spiro atoms. The minimum absolute atomic E-state index is 0.288. The van der Waals surface area contributed by atoms with Gasteiger partial charge in [-0.2, -0.15) is 0 Å². The van der Waals surface area contributed by atoms with Gasteiger partial charge in [0.15, 0.2) is 10.8 Å². The maximum atomic E-state index is 12.8. The van der Waals surface area contributed by atoms with Crippen LogP contribution in [0.25, 0.3) is 10.8 Å². The predicted molar refractivity (Wildman–Crippen MR) is 122 cm³/mol. The number of thiazole rings is 1. The highest BCUT2D eigenvalue weighted by Gasteiger charge is 2.19. The zero-order valence-electron chi connectivity index (χ0n) is 17.6. The van der Waals surface area contributed by atoms with Crippen LogP contribution in [0, 0.1) is 13.8 Å². The van der Waals surface area contributed by atoms with Crippen LogP contribution in [0.5, 0.6) is 5.75 Å². The summed E-state index contributed by atoms with van der Waals surface area (Å²) in [6.07, 6.45) is 3.07. The second kappa shape index (κ2) is 9.03. The molecule has 162 valence electrons. The molecule has 1 aromatic carbocycles. The summed E-state index contributed by atoms with van der Waals surface area (Å²) < 4.78 is 11.0. The molecule has 32 heavy (non-hydrogen) atoms. The highest BCUT2D eigenvalue weighted by atomic mass is 32.1. The smallest absolute Gasteiger partial charge is 0.267 e.